The minimum absolute atomic E-state index is 0. The van der Waals surface area contributed by atoms with E-state index in [2.05, 4.69) is 11.3 Å². The van der Waals surface area contributed by atoms with Crippen LogP contribution in [0.5, 0.6) is 0 Å². The molecule has 0 heterocycles. The average molecular weight is 266 g/mol. The van der Waals surface area contributed by atoms with Gasteiger partial charge in [0.2, 0.25) is 0 Å². The van der Waals surface area contributed by atoms with E-state index >= 15 is 0 Å². The number of hydrogen-bond donors (Lipinski definition) is 1. The first-order valence-electron chi connectivity index (χ1n) is 2.68. The van der Waals surface area contributed by atoms with E-state index in [0.29, 0.717) is 0 Å². The second-order valence-electron chi connectivity index (χ2n) is 1.52. The zero-order valence-corrected chi connectivity index (χ0v) is 8.37. The van der Waals surface area contributed by atoms with Crippen LogP contribution < -0.4 is 0 Å². The van der Waals surface area contributed by atoms with Crippen LogP contribution in [0.1, 0.15) is 6.42 Å². The predicted molar refractivity (Wildman–Crippen MR) is 39.2 cm³/mol. The number of carboxylic acid groups (broad SMARTS) is 1. The van der Waals surface area contributed by atoms with Crippen LogP contribution in [0.25, 0.3) is 0 Å². The molecule has 0 aliphatic carbocycles. The summed E-state index contributed by atoms with van der Waals surface area (Å²) in [7, 11) is 0. The molecule has 0 amide bonds. The van der Waals surface area contributed by atoms with Crippen LogP contribution in [0.3, 0.4) is 0 Å². The molecule has 11 heavy (non-hydrogen) atoms. The van der Waals surface area contributed by atoms with Crippen LogP contribution in [0.15, 0.2) is 12.7 Å². The second kappa shape index (κ2) is 7.60. The number of rotatable bonds is 4. The number of ether oxygens (including phenoxy) is 1. The Labute approximate surface area is 81.7 Å². The first-order chi connectivity index (χ1) is 4.66. The summed E-state index contributed by atoms with van der Waals surface area (Å²) in [6, 6.07) is 0. The summed E-state index contributed by atoms with van der Waals surface area (Å²) >= 11 is 0. The summed E-state index contributed by atoms with van der Waals surface area (Å²) < 4.78 is 4.36. The molecule has 0 aliphatic heterocycles. The van der Waals surface area contributed by atoms with Crippen LogP contribution >= 0.6 is 0 Å². The minimum Gasteiger partial charge on any atom is -0.481 e. The van der Waals surface area contributed by atoms with Gasteiger partial charge in [0.1, 0.15) is 6.61 Å². The Bertz CT molecular complexity index is 155. The number of carbonyl (C=O) groups is 2. The molecule has 3 radical (unpaired) electrons. The Morgan fingerprint density at radius 3 is 2.45 bits per heavy atom. The standard InChI is InChI=1S/C6H8O4.Sb/c1-2-6(9)10-4-3-5(7)8;/h2H,1,3-4H2,(H,7,8);. The van der Waals surface area contributed by atoms with Gasteiger partial charge in [-0.05, 0) is 0 Å². The van der Waals surface area contributed by atoms with Gasteiger partial charge in [0.25, 0.3) is 0 Å². The number of hydrogen-bond acceptors (Lipinski definition) is 3. The van der Waals surface area contributed by atoms with E-state index in [9.17, 15) is 9.59 Å². The summed E-state index contributed by atoms with van der Waals surface area (Å²) in [6.07, 6.45) is 0.821. The molecule has 0 fully saturated rings. The molecule has 0 rings (SSSR count). The fourth-order valence-corrected chi connectivity index (χ4v) is 0.298. The van der Waals surface area contributed by atoms with Crippen LogP contribution in [-0.2, 0) is 14.3 Å². The second-order valence-corrected chi connectivity index (χ2v) is 1.52. The summed E-state index contributed by atoms with van der Waals surface area (Å²) in [6.45, 7) is 3.04. The maximum absolute atomic E-state index is 10.3. The maximum Gasteiger partial charge on any atom is 0.330 e. The number of carbonyl (C=O) groups excluding carboxylic acids is 1. The summed E-state index contributed by atoms with van der Waals surface area (Å²) in [4.78, 5) is 20.1. The van der Waals surface area contributed by atoms with Crippen molar-refractivity contribution in [2.45, 2.75) is 6.42 Å². The summed E-state index contributed by atoms with van der Waals surface area (Å²) in [5.41, 5.74) is 0. The summed E-state index contributed by atoms with van der Waals surface area (Å²) in [5.74, 6) is -1.59. The van der Waals surface area contributed by atoms with Crippen molar-refractivity contribution in [3.8, 4) is 0 Å². The van der Waals surface area contributed by atoms with E-state index in [1.54, 1.807) is 0 Å². The van der Waals surface area contributed by atoms with E-state index in [4.69, 9.17) is 5.11 Å². The Morgan fingerprint density at radius 2 is 2.09 bits per heavy atom. The molecule has 0 saturated heterocycles. The monoisotopic (exact) mass is 265 g/mol. The van der Waals surface area contributed by atoms with Crippen molar-refractivity contribution >= 4 is 36.4 Å². The fourth-order valence-electron chi connectivity index (χ4n) is 0.298. The Morgan fingerprint density at radius 1 is 1.55 bits per heavy atom. The molecule has 1 N–H and O–H groups in total. The third-order valence-corrected chi connectivity index (χ3v) is 0.727. The van der Waals surface area contributed by atoms with E-state index in [0.717, 1.165) is 6.08 Å². The average Bonchev–Trinajstić information content (AvgIpc) is 1.87. The van der Waals surface area contributed by atoms with E-state index < -0.39 is 11.9 Å². The molecule has 0 aromatic heterocycles. The van der Waals surface area contributed by atoms with Gasteiger partial charge in [-0.25, -0.2) is 4.79 Å². The van der Waals surface area contributed by atoms with Gasteiger partial charge in [-0.1, -0.05) is 6.58 Å². The van der Waals surface area contributed by atoms with Gasteiger partial charge in [0, 0.05) is 30.5 Å². The van der Waals surface area contributed by atoms with Gasteiger partial charge in [0.15, 0.2) is 0 Å². The Kier molecular flexibility index (Phi) is 9.06. The molecule has 4 nitrogen and oxygen atoms in total. The zero-order chi connectivity index (χ0) is 7.98. The molecule has 0 unspecified atom stereocenters. The van der Waals surface area contributed by atoms with Crippen molar-refractivity contribution in [1.82, 2.24) is 0 Å². The molecule has 0 atom stereocenters. The molecule has 5 heteroatoms. The van der Waals surface area contributed by atoms with E-state index in [1.807, 2.05) is 0 Å². The van der Waals surface area contributed by atoms with Gasteiger partial charge in [-0.2, -0.15) is 0 Å². The van der Waals surface area contributed by atoms with E-state index in [1.165, 1.54) is 0 Å². The number of aliphatic carboxylic acids is 1. The molecule has 0 aromatic rings. The molecular weight excluding hydrogens is 258 g/mol. The minimum atomic E-state index is -0.989. The Hall–Kier alpha value is -0.502. The predicted octanol–water partition coefficient (Wildman–Crippen LogP) is -0.190. The molecule has 0 aromatic carbocycles. The number of esters is 1. The van der Waals surface area contributed by atoms with Gasteiger partial charge >= 0.3 is 11.9 Å². The van der Waals surface area contributed by atoms with Crippen LogP contribution in [0, 0.1) is 0 Å². The van der Waals surface area contributed by atoms with Crippen LogP contribution in [-0.4, -0.2) is 48.1 Å². The third-order valence-electron chi connectivity index (χ3n) is 0.727. The molecule has 0 bridgehead atoms. The van der Waals surface area contributed by atoms with Crippen molar-refractivity contribution in [3.63, 3.8) is 0 Å². The fraction of sp³-hybridized carbons (Fsp3) is 0.333. The van der Waals surface area contributed by atoms with Crippen molar-refractivity contribution in [2.75, 3.05) is 6.61 Å². The number of carboxylic acids is 1. The molecule has 0 saturated carbocycles. The first-order valence-corrected chi connectivity index (χ1v) is 2.68. The van der Waals surface area contributed by atoms with Gasteiger partial charge < -0.3 is 9.84 Å². The third kappa shape index (κ3) is 9.50. The zero-order valence-electron chi connectivity index (χ0n) is 5.82. The SMILES string of the molecule is C=CC(=O)OCCC(=O)O.[Sb]. The van der Waals surface area contributed by atoms with Crippen LogP contribution in [0.2, 0.25) is 0 Å². The maximum atomic E-state index is 10.3. The molecule has 61 valence electrons. The van der Waals surface area contributed by atoms with Crippen molar-refractivity contribution in [2.24, 2.45) is 0 Å². The van der Waals surface area contributed by atoms with Crippen LogP contribution in [0.4, 0.5) is 0 Å². The Balaban J connectivity index is 0. The smallest absolute Gasteiger partial charge is 0.330 e. The van der Waals surface area contributed by atoms with Gasteiger partial charge in [-0.3, -0.25) is 4.79 Å². The largest absolute Gasteiger partial charge is 0.481 e. The molecule has 0 spiro atoms. The van der Waals surface area contributed by atoms with Crippen molar-refractivity contribution in [3.05, 3.63) is 12.7 Å². The molecule has 0 aliphatic rings. The van der Waals surface area contributed by atoms with Gasteiger partial charge in [-0.15, -0.1) is 0 Å². The normalized spacial score (nSPS) is 7.64. The van der Waals surface area contributed by atoms with Gasteiger partial charge in [0.05, 0.1) is 6.42 Å². The van der Waals surface area contributed by atoms with Crippen molar-refractivity contribution in [1.29, 1.82) is 0 Å². The summed E-state index contributed by atoms with van der Waals surface area (Å²) in [5, 5.41) is 8.08. The van der Waals surface area contributed by atoms with Crippen molar-refractivity contribution < 1.29 is 19.4 Å². The molecular formula is C6H8O4Sb. The first kappa shape index (κ1) is 13.1. The quantitative estimate of drug-likeness (QED) is 0.435. The van der Waals surface area contributed by atoms with E-state index in [-0.39, 0.29) is 37.5 Å². The topological polar surface area (TPSA) is 63.6 Å².